The number of nitriles is 1. The van der Waals surface area contributed by atoms with Crippen molar-refractivity contribution in [2.45, 2.75) is 32.4 Å². The normalized spacial score (nSPS) is 16.2. The molecular weight excluding hydrogens is 393 g/mol. The molecule has 0 bridgehead atoms. The molecule has 0 N–H and O–H groups in total. The number of para-hydroxylation sites is 1. The number of nitrogens with zero attached hydrogens (tertiary/aromatic N) is 7. The summed E-state index contributed by atoms with van der Waals surface area (Å²) < 4.78 is 16.1. The third-order valence-corrected chi connectivity index (χ3v) is 5.60. The minimum absolute atomic E-state index is 0.162. The maximum atomic E-state index is 14.3. The fourth-order valence-electron chi connectivity index (χ4n) is 4.03. The highest BCUT2D eigenvalue weighted by Gasteiger charge is 2.33. The third kappa shape index (κ3) is 4.28. The van der Waals surface area contributed by atoms with Crippen LogP contribution in [-0.4, -0.2) is 51.3 Å². The van der Waals surface area contributed by atoms with Gasteiger partial charge in [-0.15, -0.1) is 5.10 Å². The highest BCUT2D eigenvalue weighted by Crippen LogP contribution is 2.31. The number of hydrogen-bond acceptors (Lipinski definition) is 6. The van der Waals surface area contributed by atoms with Crippen LogP contribution >= 0.6 is 0 Å². The second-order valence-corrected chi connectivity index (χ2v) is 8.73. The van der Waals surface area contributed by atoms with Crippen molar-refractivity contribution < 1.29 is 4.39 Å². The van der Waals surface area contributed by atoms with Crippen LogP contribution in [0.15, 0.2) is 48.5 Å². The van der Waals surface area contributed by atoms with Crippen LogP contribution in [0.4, 0.5) is 10.1 Å². The van der Waals surface area contributed by atoms with E-state index in [1.165, 1.54) is 6.07 Å². The maximum Gasteiger partial charge on any atom is 0.173 e. The zero-order valence-corrected chi connectivity index (χ0v) is 18.0. The van der Waals surface area contributed by atoms with E-state index in [0.717, 1.165) is 24.5 Å². The standard InChI is InChI=1S/C23H26FN7/c1-23(2,3)31-22(26-27-28-31)21(18-10-8-17(16-25)9-11-18)30-14-12-29(13-15-30)20-7-5-4-6-19(20)24/h4-11,21H,12-15H2,1-3H3/t21-/m1/s1. The molecule has 1 saturated heterocycles. The van der Waals surface area contributed by atoms with E-state index < -0.39 is 0 Å². The highest BCUT2D eigenvalue weighted by atomic mass is 19.1. The largest absolute Gasteiger partial charge is 0.367 e. The van der Waals surface area contributed by atoms with Crippen molar-refractivity contribution >= 4 is 5.69 Å². The molecule has 3 aromatic rings. The Labute approximate surface area is 181 Å². The summed E-state index contributed by atoms with van der Waals surface area (Å²) in [6, 6.07) is 16.5. The Morgan fingerprint density at radius 3 is 2.29 bits per heavy atom. The van der Waals surface area contributed by atoms with Gasteiger partial charge in [0.05, 0.1) is 28.9 Å². The summed E-state index contributed by atoms with van der Waals surface area (Å²) in [4.78, 5) is 4.40. The van der Waals surface area contributed by atoms with Gasteiger partial charge >= 0.3 is 0 Å². The van der Waals surface area contributed by atoms with Crippen molar-refractivity contribution in [1.82, 2.24) is 25.1 Å². The maximum absolute atomic E-state index is 14.3. The Morgan fingerprint density at radius 1 is 1.00 bits per heavy atom. The van der Waals surface area contributed by atoms with Crippen molar-refractivity contribution in [3.63, 3.8) is 0 Å². The molecule has 0 aliphatic carbocycles. The fraction of sp³-hybridized carbons (Fsp3) is 0.391. The van der Waals surface area contributed by atoms with E-state index in [1.54, 1.807) is 6.07 Å². The summed E-state index contributed by atoms with van der Waals surface area (Å²) in [7, 11) is 0. The van der Waals surface area contributed by atoms with E-state index in [1.807, 2.05) is 41.1 Å². The SMILES string of the molecule is CC(C)(C)n1nnnc1[C@@H](c1ccc(C#N)cc1)N1CCN(c2ccccc2F)CC1. The second-order valence-electron chi connectivity index (χ2n) is 8.73. The van der Waals surface area contributed by atoms with E-state index in [-0.39, 0.29) is 17.4 Å². The van der Waals surface area contributed by atoms with Crippen LogP contribution in [0, 0.1) is 17.1 Å². The van der Waals surface area contributed by atoms with Crippen LogP contribution < -0.4 is 4.90 Å². The van der Waals surface area contributed by atoms with E-state index in [9.17, 15) is 9.65 Å². The molecule has 1 fully saturated rings. The Hall–Kier alpha value is -3.31. The summed E-state index contributed by atoms with van der Waals surface area (Å²) in [6.45, 7) is 9.07. The minimum Gasteiger partial charge on any atom is -0.367 e. The van der Waals surface area contributed by atoms with Crippen molar-refractivity contribution in [1.29, 1.82) is 5.26 Å². The molecular formula is C23H26FN7. The highest BCUT2D eigenvalue weighted by molar-refractivity contribution is 5.48. The first-order valence-electron chi connectivity index (χ1n) is 10.4. The Kier molecular flexibility index (Phi) is 5.70. The topological polar surface area (TPSA) is 73.9 Å². The van der Waals surface area contributed by atoms with Crippen molar-refractivity contribution in [3.8, 4) is 6.07 Å². The molecule has 0 amide bonds. The predicted octanol–water partition coefficient (Wildman–Crippen LogP) is 3.35. The molecule has 7 nitrogen and oxygen atoms in total. The van der Waals surface area contributed by atoms with Crippen LogP contribution in [-0.2, 0) is 5.54 Å². The Bertz CT molecular complexity index is 1070. The van der Waals surface area contributed by atoms with Crippen LogP contribution in [0.3, 0.4) is 0 Å². The first-order valence-corrected chi connectivity index (χ1v) is 10.4. The number of rotatable bonds is 4. The van der Waals surface area contributed by atoms with Gasteiger partial charge in [-0.1, -0.05) is 24.3 Å². The number of benzene rings is 2. The number of tetrazole rings is 1. The molecule has 4 rings (SSSR count). The lowest BCUT2D eigenvalue weighted by atomic mass is 10.0. The van der Waals surface area contributed by atoms with Crippen molar-refractivity contribution in [3.05, 3.63) is 71.3 Å². The fourth-order valence-corrected chi connectivity index (χ4v) is 4.03. The lowest BCUT2D eigenvalue weighted by Gasteiger charge is -2.40. The van der Waals surface area contributed by atoms with E-state index >= 15 is 0 Å². The quantitative estimate of drug-likeness (QED) is 0.646. The number of piperazine rings is 1. The first kappa shape index (κ1) is 20.9. The molecule has 0 saturated carbocycles. The summed E-state index contributed by atoms with van der Waals surface area (Å²) in [5.41, 5.74) is 2.00. The molecule has 31 heavy (non-hydrogen) atoms. The van der Waals surface area contributed by atoms with Gasteiger partial charge in [0.15, 0.2) is 5.82 Å². The molecule has 160 valence electrons. The number of anilines is 1. The molecule has 1 aliphatic rings. The van der Waals surface area contributed by atoms with Gasteiger partial charge in [0.1, 0.15) is 5.82 Å². The molecule has 1 aliphatic heterocycles. The average Bonchev–Trinajstić information content (AvgIpc) is 3.25. The Balaban J connectivity index is 1.65. The zero-order valence-electron chi connectivity index (χ0n) is 18.0. The second kappa shape index (κ2) is 8.44. The number of halogens is 1. The van der Waals surface area contributed by atoms with Crippen LogP contribution in [0.25, 0.3) is 0 Å². The summed E-state index contributed by atoms with van der Waals surface area (Å²) in [6.07, 6.45) is 0. The van der Waals surface area contributed by atoms with E-state index in [4.69, 9.17) is 0 Å². The van der Waals surface area contributed by atoms with Gasteiger partial charge in [0.2, 0.25) is 0 Å². The van der Waals surface area contributed by atoms with E-state index in [2.05, 4.69) is 52.2 Å². The molecule has 0 spiro atoms. The molecule has 2 aromatic carbocycles. The third-order valence-electron chi connectivity index (χ3n) is 5.60. The molecule has 0 radical (unpaired) electrons. The van der Waals surface area contributed by atoms with Crippen molar-refractivity contribution in [2.24, 2.45) is 0 Å². The molecule has 8 heteroatoms. The Morgan fingerprint density at radius 2 is 1.68 bits per heavy atom. The number of hydrogen-bond donors (Lipinski definition) is 0. The van der Waals surface area contributed by atoms with Gasteiger partial charge in [-0.2, -0.15) is 5.26 Å². The van der Waals surface area contributed by atoms with Gasteiger partial charge in [-0.05, 0) is 61.0 Å². The van der Waals surface area contributed by atoms with Gasteiger partial charge in [0, 0.05) is 26.2 Å². The average molecular weight is 420 g/mol. The molecule has 1 aromatic heterocycles. The smallest absolute Gasteiger partial charge is 0.173 e. The van der Waals surface area contributed by atoms with Gasteiger partial charge in [-0.25, -0.2) is 9.07 Å². The first-order chi connectivity index (χ1) is 14.9. The summed E-state index contributed by atoms with van der Waals surface area (Å²) in [5, 5.41) is 21.8. The summed E-state index contributed by atoms with van der Waals surface area (Å²) >= 11 is 0. The lowest BCUT2D eigenvalue weighted by molar-refractivity contribution is 0.191. The van der Waals surface area contributed by atoms with Crippen LogP contribution in [0.1, 0.15) is 43.8 Å². The van der Waals surface area contributed by atoms with E-state index in [0.29, 0.717) is 24.3 Å². The van der Waals surface area contributed by atoms with Gasteiger partial charge < -0.3 is 4.90 Å². The summed E-state index contributed by atoms with van der Waals surface area (Å²) in [5.74, 6) is 0.563. The zero-order chi connectivity index (χ0) is 22.0. The lowest BCUT2D eigenvalue weighted by Crippen LogP contribution is -2.49. The van der Waals surface area contributed by atoms with Gasteiger partial charge in [-0.3, -0.25) is 4.90 Å². The van der Waals surface area contributed by atoms with Gasteiger partial charge in [0.25, 0.3) is 0 Å². The molecule has 0 unspecified atom stereocenters. The minimum atomic E-state index is -0.279. The van der Waals surface area contributed by atoms with Crippen LogP contribution in [0.2, 0.25) is 0 Å². The molecule has 2 heterocycles. The van der Waals surface area contributed by atoms with Crippen molar-refractivity contribution in [2.75, 3.05) is 31.1 Å². The monoisotopic (exact) mass is 419 g/mol. The van der Waals surface area contributed by atoms with Crippen LogP contribution in [0.5, 0.6) is 0 Å². The predicted molar refractivity (Wildman–Crippen MR) is 116 cm³/mol. The molecule has 1 atom stereocenters. The number of aromatic nitrogens is 4.